The summed E-state index contributed by atoms with van der Waals surface area (Å²) in [6.07, 6.45) is -0.183. The van der Waals surface area contributed by atoms with Gasteiger partial charge in [0.25, 0.3) is 0 Å². The van der Waals surface area contributed by atoms with Gasteiger partial charge < -0.3 is 14.9 Å². The maximum atomic E-state index is 12.9. The van der Waals surface area contributed by atoms with Crippen LogP contribution >= 0.6 is 0 Å². The van der Waals surface area contributed by atoms with E-state index in [1.165, 1.54) is 0 Å². The molecule has 16 heavy (non-hydrogen) atoms. The fourth-order valence-electron chi connectivity index (χ4n) is 1.13. The summed E-state index contributed by atoms with van der Waals surface area (Å²) in [5.74, 6) is -1.75. The minimum absolute atomic E-state index is 0.0202. The van der Waals surface area contributed by atoms with Gasteiger partial charge in [-0.1, -0.05) is 0 Å². The number of aliphatic hydroxyl groups excluding tert-OH is 1. The van der Waals surface area contributed by atoms with Gasteiger partial charge in [-0.15, -0.1) is 0 Å². The molecule has 0 saturated heterocycles. The van der Waals surface area contributed by atoms with E-state index in [0.29, 0.717) is 6.42 Å². The first kappa shape index (κ1) is 12.4. The number of aromatic carboxylic acids is 1. The van der Waals surface area contributed by atoms with E-state index in [1.807, 2.05) is 0 Å². The van der Waals surface area contributed by atoms with Crippen LogP contribution in [-0.2, 0) is 0 Å². The van der Waals surface area contributed by atoms with Crippen molar-refractivity contribution in [2.24, 2.45) is 0 Å². The van der Waals surface area contributed by atoms with Gasteiger partial charge in [-0.25, -0.2) is 9.18 Å². The highest BCUT2D eigenvalue weighted by atomic mass is 19.1. The molecule has 0 aliphatic carbocycles. The van der Waals surface area contributed by atoms with Crippen molar-refractivity contribution in [1.82, 2.24) is 0 Å². The van der Waals surface area contributed by atoms with E-state index in [2.05, 4.69) is 0 Å². The van der Waals surface area contributed by atoms with Gasteiger partial charge in [0.05, 0.1) is 12.7 Å². The lowest BCUT2D eigenvalue weighted by atomic mass is 10.2. The lowest BCUT2D eigenvalue weighted by Gasteiger charge is -2.10. The van der Waals surface area contributed by atoms with Gasteiger partial charge >= 0.3 is 5.97 Å². The van der Waals surface area contributed by atoms with Gasteiger partial charge in [0, 0.05) is 12.5 Å². The zero-order valence-corrected chi connectivity index (χ0v) is 8.81. The lowest BCUT2D eigenvalue weighted by Crippen LogP contribution is -2.10. The van der Waals surface area contributed by atoms with Gasteiger partial charge in [-0.3, -0.25) is 0 Å². The Morgan fingerprint density at radius 3 is 2.81 bits per heavy atom. The summed E-state index contributed by atoms with van der Waals surface area (Å²) >= 11 is 0. The number of hydrogen-bond donors (Lipinski definition) is 2. The predicted octanol–water partition coefficient (Wildman–Crippen LogP) is 1.67. The van der Waals surface area contributed by atoms with Crippen molar-refractivity contribution in [1.29, 1.82) is 0 Å². The van der Waals surface area contributed by atoms with E-state index < -0.39 is 17.9 Å². The third kappa shape index (κ3) is 3.51. The fourth-order valence-corrected chi connectivity index (χ4v) is 1.13. The molecule has 0 spiro atoms. The van der Waals surface area contributed by atoms with Gasteiger partial charge in [-0.05, 0) is 19.1 Å². The van der Waals surface area contributed by atoms with Crippen LogP contribution in [0.15, 0.2) is 18.2 Å². The van der Waals surface area contributed by atoms with E-state index in [9.17, 15) is 9.18 Å². The molecule has 0 fully saturated rings. The molecule has 2 N–H and O–H groups in total. The molecule has 88 valence electrons. The summed E-state index contributed by atoms with van der Waals surface area (Å²) in [5, 5.41) is 17.8. The summed E-state index contributed by atoms with van der Waals surface area (Å²) in [5.41, 5.74) is -0.0907. The molecular weight excluding hydrogens is 215 g/mol. The van der Waals surface area contributed by atoms with Crippen LogP contribution in [-0.4, -0.2) is 28.9 Å². The Labute approximate surface area is 92.3 Å². The zero-order chi connectivity index (χ0) is 12.1. The molecule has 0 aliphatic heterocycles. The maximum Gasteiger partial charge on any atom is 0.339 e. The van der Waals surface area contributed by atoms with Crippen LogP contribution < -0.4 is 4.74 Å². The third-order valence-corrected chi connectivity index (χ3v) is 1.97. The Morgan fingerprint density at radius 2 is 2.25 bits per heavy atom. The number of carboxylic acids is 1. The first-order valence-electron chi connectivity index (χ1n) is 4.84. The smallest absolute Gasteiger partial charge is 0.339 e. The summed E-state index contributed by atoms with van der Waals surface area (Å²) in [6.45, 7) is 1.73. The molecule has 0 radical (unpaired) electrons. The summed E-state index contributed by atoms with van der Waals surface area (Å²) in [4.78, 5) is 10.8. The van der Waals surface area contributed by atoms with E-state index in [4.69, 9.17) is 14.9 Å². The van der Waals surface area contributed by atoms with E-state index >= 15 is 0 Å². The average molecular weight is 228 g/mol. The normalized spacial score (nSPS) is 12.2. The Hall–Kier alpha value is -1.62. The summed E-state index contributed by atoms with van der Waals surface area (Å²) in [6, 6.07) is 3.23. The monoisotopic (exact) mass is 228 g/mol. The van der Waals surface area contributed by atoms with Crippen molar-refractivity contribution in [2.75, 3.05) is 6.61 Å². The standard InChI is InChI=1S/C11H13FO4/c1-7(13)4-5-16-10-6-8(12)2-3-9(10)11(14)15/h2-3,6-7,13H,4-5H2,1H3,(H,14,15). The number of rotatable bonds is 5. The van der Waals surface area contributed by atoms with Crippen molar-refractivity contribution in [3.05, 3.63) is 29.6 Å². The van der Waals surface area contributed by atoms with Crippen LogP contribution in [0.4, 0.5) is 4.39 Å². The molecule has 1 rings (SSSR count). The molecule has 1 atom stereocenters. The number of benzene rings is 1. The molecule has 0 aliphatic rings. The second-order valence-electron chi connectivity index (χ2n) is 3.43. The minimum atomic E-state index is -1.17. The number of carboxylic acid groups (broad SMARTS) is 1. The average Bonchev–Trinajstić information content (AvgIpc) is 2.16. The van der Waals surface area contributed by atoms with Crippen molar-refractivity contribution < 1.29 is 24.1 Å². The molecule has 1 unspecified atom stereocenters. The van der Waals surface area contributed by atoms with Crippen LogP contribution in [0, 0.1) is 5.82 Å². The second kappa shape index (κ2) is 5.46. The quantitative estimate of drug-likeness (QED) is 0.804. The highest BCUT2D eigenvalue weighted by Crippen LogP contribution is 2.20. The van der Waals surface area contributed by atoms with Crippen molar-refractivity contribution in [2.45, 2.75) is 19.4 Å². The van der Waals surface area contributed by atoms with Gasteiger partial charge in [0.15, 0.2) is 0 Å². The third-order valence-electron chi connectivity index (χ3n) is 1.97. The Bertz CT molecular complexity index is 376. The Morgan fingerprint density at radius 1 is 1.56 bits per heavy atom. The largest absolute Gasteiger partial charge is 0.492 e. The van der Waals surface area contributed by atoms with Crippen LogP contribution in [0.25, 0.3) is 0 Å². The molecule has 0 amide bonds. The Balaban J connectivity index is 2.76. The molecule has 0 aromatic heterocycles. The van der Waals surface area contributed by atoms with Crippen molar-refractivity contribution in [3.8, 4) is 5.75 Å². The summed E-state index contributed by atoms with van der Waals surface area (Å²) < 4.78 is 18.0. The molecule has 1 aromatic carbocycles. The fraction of sp³-hybridized carbons (Fsp3) is 0.364. The number of aliphatic hydroxyl groups is 1. The Kier molecular flexibility index (Phi) is 4.25. The van der Waals surface area contributed by atoms with E-state index in [1.54, 1.807) is 6.92 Å². The highest BCUT2D eigenvalue weighted by molar-refractivity contribution is 5.90. The number of hydrogen-bond acceptors (Lipinski definition) is 3. The topological polar surface area (TPSA) is 66.8 Å². The molecule has 5 heteroatoms. The molecule has 0 bridgehead atoms. The van der Waals surface area contributed by atoms with E-state index in [-0.39, 0.29) is 17.9 Å². The summed E-state index contributed by atoms with van der Waals surface area (Å²) in [7, 11) is 0. The van der Waals surface area contributed by atoms with E-state index in [0.717, 1.165) is 18.2 Å². The van der Waals surface area contributed by atoms with Gasteiger partial charge in [0.1, 0.15) is 17.1 Å². The lowest BCUT2D eigenvalue weighted by molar-refractivity contribution is 0.0691. The van der Waals surface area contributed by atoms with Gasteiger partial charge in [-0.2, -0.15) is 0 Å². The molecule has 0 heterocycles. The molecular formula is C11H13FO4. The van der Waals surface area contributed by atoms with Crippen molar-refractivity contribution >= 4 is 5.97 Å². The maximum absolute atomic E-state index is 12.9. The number of ether oxygens (including phenoxy) is 1. The van der Waals surface area contributed by atoms with Crippen LogP contribution in [0.3, 0.4) is 0 Å². The zero-order valence-electron chi connectivity index (χ0n) is 8.81. The van der Waals surface area contributed by atoms with Gasteiger partial charge in [0.2, 0.25) is 0 Å². The van der Waals surface area contributed by atoms with Crippen molar-refractivity contribution in [3.63, 3.8) is 0 Å². The predicted molar refractivity (Wildman–Crippen MR) is 55.2 cm³/mol. The SMILES string of the molecule is CC(O)CCOc1cc(F)ccc1C(=O)O. The second-order valence-corrected chi connectivity index (χ2v) is 3.43. The molecule has 4 nitrogen and oxygen atoms in total. The minimum Gasteiger partial charge on any atom is -0.492 e. The van der Waals surface area contributed by atoms with Crippen LogP contribution in [0.5, 0.6) is 5.75 Å². The number of halogens is 1. The molecule has 1 aromatic rings. The first-order valence-corrected chi connectivity index (χ1v) is 4.84. The number of carbonyl (C=O) groups is 1. The van der Waals surface area contributed by atoms with Crippen LogP contribution in [0.2, 0.25) is 0 Å². The first-order chi connectivity index (χ1) is 7.50. The molecule has 0 saturated carbocycles. The highest BCUT2D eigenvalue weighted by Gasteiger charge is 2.12. The van der Waals surface area contributed by atoms with Crippen LogP contribution in [0.1, 0.15) is 23.7 Å².